The second kappa shape index (κ2) is 6.17. The van der Waals surface area contributed by atoms with Gasteiger partial charge < -0.3 is 0 Å². The maximum absolute atomic E-state index is 6.48. The number of rotatable bonds is 2. The lowest BCUT2D eigenvalue weighted by molar-refractivity contribution is 0.927. The average molecular weight is 388 g/mol. The van der Waals surface area contributed by atoms with Gasteiger partial charge in [0, 0.05) is 11.3 Å². The molecule has 0 atom stereocenters. The van der Waals surface area contributed by atoms with Crippen LogP contribution in [0.3, 0.4) is 0 Å². The molecular formula is C22H18ClN5. The summed E-state index contributed by atoms with van der Waals surface area (Å²) >= 11 is 6.48. The zero-order valence-electron chi connectivity index (χ0n) is 15.8. The molecule has 0 fully saturated rings. The molecule has 0 saturated carbocycles. The molecule has 0 aliphatic rings. The molecule has 3 heterocycles. The van der Waals surface area contributed by atoms with Gasteiger partial charge in [0.05, 0.1) is 16.1 Å². The molecule has 5 rings (SSSR count). The first-order valence-corrected chi connectivity index (χ1v) is 9.47. The molecule has 138 valence electrons. The molecule has 0 amide bonds. The summed E-state index contributed by atoms with van der Waals surface area (Å²) in [5, 5.41) is 6.33. The number of para-hydroxylation sites is 1. The van der Waals surface area contributed by atoms with Gasteiger partial charge in [-0.25, -0.2) is 14.5 Å². The van der Waals surface area contributed by atoms with Gasteiger partial charge in [0.15, 0.2) is 17.1 Å². The molecule has 0 aliphatic carbocycles. The fraction of sp³-hybridized carbons (Fsp3) is 0.136. The number of hydrogen-bond donors (Lipinski definition) is 0. The van der Waals surface area contributed by atoms with Crippen molar-refractivity contribution in [3.63, 3.8) is 0 Å². The lowest BCUT2D eigenvalue weighted by Gasteiger charge is -2.09. The molecule has 0 spiro atoms. The van der Waals surface area contributed by atoms with Crippen LogP contribution in [0.2, 0.25) is 5.02 Å². The second-order valence-electron chi connectivity index (χ2n) is 7.01. The Morgan fingerprint density at radius 1 is 0.929 bits per heavy atom. The van der Waals surface area contributed by atoms with E-state index in [9.17, 15) is 0 Å². The first-order valence-electron chi connectivity index (χ1n) is 9.09. The predicted octanol–water partition coefficient (Wildman–Crippen LogP) is 5.31. The van der Waals surface area contributed by atoms with Crippen molar-refractivity contribution in [1.29, 1.82) is 0 Å². The van der Waals surface area contributed by atoms with Crippen LogP contribution in [-0.4, -0.2) is 24.1 Å². The van der Waals surface area contributed by atoms with Crippen LogP contribution in [0.5, 0.6) is 0 Å². The first kappa shape index (κ1) is 17.0. The quantitative estimate of drug-likeness (QED) is 0.412. The Balaban J connectivity index is 1.82. The van der Waals surface area contributed by atoms with Gasteiger partial charge in [0.25, 0.3) is 0 Å². The Kier molecular flexibility index (Phi) is 3.74. The molecule has 0 radical (unpaired) electrons. The van der Waals surface area contributed by atoms with Gasteiger partial charge in [0.2, 0.25) is 0 Å². The SMILES string of the molecule is Cc1cccc(-c2nc3c4c(C)c(C)n(-c5ccccc5Cl)c4ncn3n2)c1. The molecule has 28 heavy (non-hydrogen) atoms. The van der Waals surface area contributed by atoms with Crippen molar-refractivity contribution < 1.29 is 0 Å². The lowest BCUT2D eigenvalue weighted by atomic mass is 10.1. The van der Waals surface area contributed by atoms with E-state index in [1.54, 1.807) is 10.8 Å². The van der Waals surface area contributed by atoms with Crippen molar-refractivity contribution in [2.75, 3.05) is 0 Å². The fourth-order valence-corrected chi connectivity index (χ4v) is 3.92. The standard InChI is InChI=1S/C22H18ClN5/c1-13-7-6-8-16(11-13)20-25-22-19-14(2)15(3)28(18-10-5-4-9-17(18)23)21(19)24-12-27(22)26-20/h4-12H,1-3H3. The van der Waals surface area contributed by atoms with E-state index >= 15 is 0 Å². The number of aryl methyl sites for hydroxylation is 2. The molecule has 5 aromatic rings. The smallest absolute Gasteiger partial charge is 0.182 e. The number of halogens is 1. The second-order valence-corrected chi connectivity index (χ2v) is 7.42. The number of nitrogens with zero attached hydrogens (tertiary/aromatic N) is 5. The Morgan fingerprint density at radius 3 is 2.54 bits per heavy atom. The van der Waals surface area contributed by atoms with Gasteiger partial charge in [-0.3, -0.25) is 4.57 Å². The Morgan fingerprint density at radius 2 is 1.75 bits per heavy atom. The first-order chi connectivity index (χ1) is 13.5. The van der Waals surface area contributed by atoms with E-state index in [1.165, 1.54) is 5.56 Å². The van der Waals surface area contributed by atoms with Gasteiger partial charge in [0.1, 0.15) is 6.33 Å². The van der Waals surface area contributed by atoms with E-state index in [1.807, 2.05) is 36.4 Å². The van der Waals surface area contributed by atoms with Crippen molar-refractivity contribution in [2.24, 2.45) is 0 Å². The molecule has 3 aromatic heterocycles. The number of aromatic nitrogens is 5. The van der Waals surface area contributed by atoms with Gasteiger partial charge in [-0.05, 0) is 44.5 Å². The zero-order chi connectivity index (χ0) is 19.4. The van der Waals surface area contributed by atoms with E-state index in [-0.39, 0.29) is 0 Å². The molecular weight excluding hydrogens is 370 g/mol. The van der Waals surface area contributed by atoms with Gasteiger partial charge >= 0.3 is 0 Å². The highest BCUT2D eigenvalue weighted by Crippen LogP contribution is 2.32. The average Bonchev–Trinajstić information content (AvgIpc) is 3.22. The van der Waals surface area contributed by atoms with Crippen molar-refractivity contribution in [3.8, 4) is 17.1 Å². The summed E-state index contributed by atoms with van der Waals surface area (Å²) in [7, 11) is 0. The molecule has 0 bridgehead atoms. The van der Waals surface area contributed by atoms with Gasteiger partial charge in [-0.1, -0.05) is 47.5 Å². The third kappa shape index (κ3) is 2.43. The minimum absolute atomic E-state index is 0.686. The largest absolute Gasteiger partial charge is 0.297 e. The van der Waals surface area contributed by atoms with Gasteiger partial charge in [-0.15, -0.1) is 5.10 Å². The van der Waals surface area contributed by atoms with Gasteiger partial charge in [-0.2, -0.15) is 0 Å². The summed E-state index contributed by atoms with van der Waals surface area (Å²) < 4.78 is 3.84. The summed E-state index contributed by atoms with van der Waals surface area (Å²) in [5.41, 5.74) is 6.93. The molecule has 0 aliphatic heterocycles. The van der Waals surface area contributed by atoms with Crippen LogP contribution in [0.15, 0.2) is 54.9 Å². The maximum atomic E-state index is 6.48. The third-order valence-electron chi connectivity index (χ3n) is 5.20. The van der Waals surface area contributed by atoms with E-state index in [4.69, 9.17) is 21.6 Å². The van der Waals surface area contributed by atoms with Crippen LogP contribution in [0, 0.1) is 20.8 Å². The van der Waals surface area contributed by atoms with Crippen LogP contribution in [0.25, 0.3) is 33.8 Å². The van der Waals surface area contributed by atoms with Crippen molar-refractivity contribution >= 4 is 28.3 Å². The van der Waals surface area contributed by atoms with E-state index in [0.717, 1.165) is 39.2 Å². The molecule has 0 saturated heterocycles. The molecule has 5 nitrogen and oxygen atoms in total. The van der Waals surface area contributed by atoms with Crippen LogP contribution in [-0.2, 0) is 0 Å². The van der Waals surface area contributed by atoms with E-state index in [0.29, 0.717) is 10.8 Å². The molecule has 0 unspecified atom stereocenters. The van der Waals surface area contributed by atoms with Crippen LogP contribution in [0.4, 0.5) is 0 Å². The lowest BCUT2D eigenvalue weighted by Crippen LogP contribution is -1.99. The maximum Gasteiger partial charge on any atom is 0.182 e. The zero-order valence-corrected chi connectivity index (χ0v) is 16.6. The van der Waals surface area contributed by atoms with Crippen LogP contribution < -0.4 is 0 Å². The van der Waals surface area contributed by atoms with Crippen LogP contribution in [0.1, 0.15) is 16.8 Å². The summed E-state index contributed by atoms with van der Waals surface area (Å²) in [6.07, 6.45) is 1.72. The number of hydrogen-bond acceptors (Lipinski definition) is 3. The summed E-state index contributed by atoms with van der Waals surface area (Å²) in [6, 6.07) is 16.0. The Labute approximate surface area is 167 Å². The van der Waals surface area contributed by atoms with E-state index < -0.39 is 0 Å². The minimum Gasteiger partial charge on any atom is -0.297 e. The number of fused-ring (bicyclic) bond motifs is 3. The fourth-order valence-electron chi connectivity index (χ4n) is 3.69. The summed E-state index contributed by atoms with van der Waals surface area (Å²) in [5.74, 6) is 0.695. The highest BCUT2D eigenvalue weighted by molar-refractivity contribution is 6.32. The Bertz CT molecular complexity index is 1360. The van der Waals surface area contributed by atoms with Crippen molar-refractivity contribution in [1.82, 2.24) is 24.1 Å². The highest BCUT2D eigenvalue weighted by Gasteiger charge is 2.20. The summed E-state index contributed by atoms with van der Waals surface area (Å²) in [6.45, 7) is 6.23. The van der Waals surface area contributed by atoms with Crippen molar-refractivity contribution in [2.45, 2.75) is 20.8 Å². The van der Waals surface area contributed by atoms with Crippen molar-refractivity contribution in [3.05, 3.63) is 76.7 Å². The van der Waals surface area contributed by atoms with E-state index in [2.05, 4.69) is 42.6 Å². The normalized spacial score (nSPS) is 11.6. The topological polar surface area (TPSA) is 48.0 Å². The molecule has 0 N–H and O–H groups in total. The number of benzene rings is 2. The highest BCUT2D eigenvalue weighted by atomic mass is 35.5. The summed E-state index contributed by atoms with van der Waals surface area (Å²) in [4.78, 5) is 9.55. The molecule has 2 aromatic carbocycles. The monoisotopic (exact) mass is 387 g/mol. The van der Waals surface area contributed by atoms with Crippen LogP contribution >= 0.6 is 11.6 Å². The third-order valence-corrected chi connectivity index (χ3v) is 5.52. The predicted molar refractivity (Wildman–Crippen MR) is 112 cm³/mol. The Hall–Kier alpha value is -3.18. The molecule has 6 heteroatoms. The minimum atomic E-state index is 0.686.